The zero-order valence-electron chi connectivity index (χ0n) is 17.8. The van der Waals surface area contributed by atoms with Gasteiger partial charge in [0.05, 0.1) is 10.5 Å². The van der Waals surface area contributed by atoms with Gasteiger partial charge >= 0.3 is 0 Å². The zero-order valence-corrected chi connectivity index (χ0v) is 18.6. The molecule has 1 fully saturated rings. The van der Waals surface area contributed by atoms with Gasteiger partial charge in [-0.05, 0) is 56.2 Å². The van der Waals surface area contributed by atoms with Gasteiger partial charge in [-0.2, -0.15) is 0 Å². The minimum absolute atomic E-state index is 0.00635. The average molecular weight is 413 g/mol. The van der Waals surface area contributed by atoms with Crippen molar-refractivity contribution in [1.82, 2.24) is 0 Å². The van der Waals surface area contributed by atoms with Gasteiger partial charge in [-0.3, -0.25) is 4.79 Å². The highest BCUT2D eigenvalue weighted by Gasteiger charge is 2.29. The van der Waals surface area contributed by atoms with Crippen molar-refractivity contribution in [3.05, 3.63) is 70.8 Å². The molecule has 1 saturated carbocycles. The smallest absolute Gasteiger partial charge is 0.167 e. The van der Waals surface area contributed by atoms with Gasteiger partial charge in [-0.25, -0.2) is 8.42 Å². The van der Waals surface area contributed by atoms with Gasteiger partial charge in [0, 0.05) is 12.0 Å². The van der Waals surface area contributed by atoms with Gasteiger partial charge in [-0.15, -0.1) is 0 Å². The average Bonchev–Trinajstić information content (AvgIpc) is 2.68. The number of Topliss-reactive ketones (excluding diaryl/α,β-unsaturated/α-hetero) is 1. The molecule has 4 heteroatoms. The number of rotatable bonds is 6. The summed E-state index contributed by atoms with van der Waals surface area (Å²) in [6, 6.07) is 15.5. The number of carbonyl (C=O) groups is 1. The van der Waals surface area contributed by atoms with E-state index >= 15 is 0 Å². The number of benzene rings is 2. The summed E-state index contributed by atoms with van der Waals surface area (Å²) >= 11 is 0. The maximum absolute atomic E-state index is 12.6. The van der Waals surface area contributed by atoms with E-state index in [9.17, 15) is 13.2 Å². The molecule has 3 rings (SSSR count). The second-order valence-electron chi connectivity index (χ2n) is 9.24. The molecule has 0 amide bonds. The molecule has 0 bridgehead atoms. The van der Waals surface area contributed by atoms with Crippen LogP contribution in [0.2, 0.25) is 0 Å². The molecule has 1 aliphatic rings. The van der Waals surface area contributed by atoms with Crippen LogP contribution in [0.25, 0.3) is 0 Å². The summed E-state index contributed by atoms with van der Waals surface area (Å²) in [7, 11) is -3.23. The van der Waals surface area contributed by atoms with Crippen LogP contribution >= 0.6 is 0 Å². The minimum atomic E-state index is -3.23. The predicted molar refractivity (Wildman–Crippen MR) is 119 cm³/mol. The summed E-state index contributed by atoms with van der Waals surface area (Å²) in [6.07, 6.45) is 6.90. The van der Waals surface area contributed by atoms with Crippen LogP contribution < -0.4 is 0 Å². The number of hydrogen-bond acceptors (Lipinski definition) is 3. The standard InChI is InChI=1S/C25H32O3S/c1-25(2,3)29(27,28)18-20-11-15-23(16-12-20)24(26)17-19-9-13-22(14-10-19)21-7-5-4-6-8-21/h9-16,21H,4-8,17-18H2,1-3H3. The van der Waals surface area contributed by atoms with E-state index in [1.807, 2.05) is 0 Å². The van der Waals surface area contributed by atoms with Crippen LogP contribution in [0.3, 0.4) is 0 Å². The van der Waals surface area contributed by atoms with Crippen LogP contribution in [-0.4, -0.2) is 18.9 Å². The molecule has 0 unspecified atom stereocenters. The molecule has 29 heavy (non-hydrogen) atoms. The number of ketones is 1. The van der Waals surface area contributed by atoms with Crippen molar-refractivity contribution in [2.45, 2.75) is 75.7 Å². The SMILES string of the molecule is CC(C)(C)S(=O)(=O)Cc1ccc(C(=O)Cc2ccc(C3CCCCC3)cc2)cc1. The topological polar surface area (TPSA) is 51.2 Å². The lowest BCUT2D eigenvalue weighted by Crippen LogP contribution is -2.29. The molecule has 156 valence electrons. The number of hydrogen-bond donors (Lipinski definition) is 0. The Morgan fingerprint density at radius 1 is 0.862 bits per heavy atom. The molecular formula is C25H32O3S. The van der Waals surface area contributed by atoms with Gasteiger partial charge < -0.3 is 0 Å². The van der Waals surface area contributed by atoms with E-state index in [4.69, 9.17) is 0 Å². The van der Waals surface area contributed by atoms with Crippen molar-refractivity contribution in [1.29, 1.82) is 0 Å². The van der Waals surface area contributed by atoms with E-state index in [1.165, 1.54) is 37.7 Å². The second kappa shape index (κ2) is 8.83. The van der Waals surface area contributed by atoms with Crippen LogP contribution in [-0.2, 0) is 22.0 Å². The third-order valence-corrected chi connectivity index (χ3v) is 8.57. The molecule has 0 spiro atoms. The highest BCUT2D eigenvalue weighted by Crippen LogP contribution is 2.32. The molecule has 0 aromatic heterocycles. The van der Waals surface area contributed by atoms with Crippen LogP contribution in [0.5, 0.6) is 0 Å². The maximum Gasteiger partial charge on any atom is 0.167 e. The van der Waals surface area contributed by atoms with Crippen LogP contribution in [0.1, 0.15) is 85.8 Å². The molecular weight excluding hydrogens is 380 g/mol. The van der Waals surface area contributed by atoms with Gasteiger partial charge in [-0.1, -0.05) is 67.8 Å². The zero-order chi connectivity index (χ0) is 21.1. The Bertz CT molecular complexity index is 927. The first-order chi connectivity index (χ1) is 13.7. The van der Waals surface area contributed by atoms with Crippen LogP contribution in [0.15, 0.2) is 48.5 Å². The molecule has 2 aromatic carbocycles. The third kappa shape index (κ3) is 5.57. The molecule has 3 nitrogen and oxygen atoms in total. The minimum Gasteiger partial charge on any atom is -0.294 e. The summed E-state index contributed by atoms with van der Waals surface area (Å²) in [5, 5.41) is 0. The largest absolute Gasteiger partial charge is 0.294 e. The fourth-order valence-electron chi connectivity index (χ4n) is 3.85. The second-order valence-corrected chi connectivity index (χ2v) is 12.0. The van der Waals surface area contributed by atoms with E-state index in [0.717, 1.165) is 5.56 Å². The Morgan fingerprint density at radius 3 is 1.97 bits per heavy atom. The molecule has 1 aliphatic carbocycles. The lowest BCUT2D eigenvalue weighted by Gasteiger charge is -2.22. The summed E-state index contributed by atoms with van der Waals surface area (Å²) in [5.74, 6) is 0.721. The van der Waals surface area contributed by atoms with Gasteiger partial charge in [0.1, 0.15) is 0 Å². The van der Waals surface area contributed by atoms with E-state index in [1.54, 1.807) is 45.0 Å². The van der Waals surface area contributed by atoms with Crippen molar-refractivity contribution in [3.63, 3.8) is 0 Å². The Hall–Kier alpha value is -1.94. The van der Waals surface area contributed by atoms with Crippen molar-refractivity contribution in [2.24, 2.45) is 0 Å². The van der Waals surface area contributed by atoms with E-state index in [0.29, 0.717) is 23.5 Å². The first kappa shape index (κ1) is 21.8. The van der Waals surface area contributed by atoms with Crippen molar-refractivity contribution >= 4 is 15.6 Å². The molecule has 0 saturated heterocycles. The Balaban J connectivity index is 1.62. The fraction of sp³-hybridized carbons (Fsp3) is 0.480. The summed E-state index contributed by atoms with van der Waals surface area (Å²) < 4.78 is 23.9. The Labute approximate surface area is 175 Å². The Morgan fingerprint density at radius 2 is 1.41 bits per heavy atom. The maximum atomic E-state index is 12.6. The lowest BCUT2D eigenvalue weighted by molar-refractivity contribution is 0.0993. The monoisotopic (exact) mass is 412 g/mol. The molecule has 0 atom stereocenters. The molecule has 0 heterocycles. The number of sulfone groups is 1. The summed E-state index contributed by atoms with van der Waals surface area (Å²) in [5.41, 5.74) is 3.76. The van der Waals surface area contributed by atoms with Crippen LogP contribution in [0.4, 0.5) is 0 Å². The van der Waals surface area contributed by atoms with Crippen LogP contribution in [0, 0.1) is 0 Å². The highest BCUT2D eigenvalue weighted by atomic mass is 32.2. The van der Waals surface area contributed by atoms with Gasteiger partial charge in [0.15, 0.2) is 15.6 Å². The number of carbonyl (C=O) groups excluding carboxylic acids is 1. The third-order valence-electron chi connectivity index (χ3n) is 5.99. The van der Waals surface area contributed by atoms with E-state index < -0.39 is 14.6 Å². The normalized spacial score (nSPS) is 16.0. The van der Waals surface area contributed by atoms with Crippen molar-refractivity contribution < 1.29 is 13.2 Å². The van der Waals surface area contributed by atoms with E-state index in [2.05, 4.69) is 24.3 Å². The molecule has 2 aromatic rings. The quantitative estimate of drug-likeness (QED) is 0.557. The first-order valence-electron chi connectivity index (χ1n) is 10.6. The van der Waals surface area contributed by atoms with E-state index in [-0.39, 0.29) is 11.5 Å². The molecule has 0 aliphatic heterocycles. The molecule has 0 N–H and O–H groups in total. The summed E-state index contributed by atoms with van der Waals surface area (Å²) in [6.45, 7) is 5.12. The van der Waals surface area contributed by atoms with Crippen molar-refractivity contribution in [2.75, 3.05) is 0 Å². The Kier molecular flexibility index (Phi) is 6.62. The summed E-state index contributed by atoms with van der Waals surface area (Å²) in [4.78, 5) is 12.6. The van der Waals surface area contributed by atoms with Crippen molar-refractivity contribution in [3.8, 4) is 0 Å². The fourth-order valence-corrected chi connectivity index (χ4v) is 4.92. The van der Waals surface area contributed by atoms with Gasteiger partial charge in [0.2, 0.25) is 0 Å². The lowest BCUT2D eigenvalue weighted by atomic mass is 9.84. The predicted octanol–water partition coefficient (Wildman–Crippen LogP) is 5.87. The van der Waals surface area contributed by atoms with Gasteiger partial charge in [0.25, 0.3) is 0 Å². The highest BCUT2D eigenvalue weighted by molar-refractivity contribution is 7.91. The molecule has 0 radical (unpaired) electrons. The first-order valence-corrected chi connectivity index (χ1v) is 12.2.